The molecule has 0 radical (unpaired) electrons. The number of amides is 1. The fraction of sp³-hybridized carbons (Fsp3) is 0.429. The summed E-state index contributed by atoms with van der Waals surface area (Å²) in [5.41, 5.74) is 3.75. The van der Waals surface area contributed by atoms with E-state index < -0.39 is 0 Å². The van der Waals surface area contributed by atoms with Gasteiger partial charge in [-0.25, -0.2) is 4.98 Å². The van der Waals surface area contributed by atoms with Gasteiger partial charge in [0.15, 0.2) is 0 Å². The number of ether oxygens (including phenoxy) is 1. The molecule has 1 amide bonds. The van der Waals surface area contributed by atoms with Gasteiger partial charge in [0.25, 0.3) is 5.91 Å². The van der Waals surface area contributed by atoms with Crippen molar-refractivity contribution in [3.63, 3.8) is 0 Å². The van der Waals surface area contributed by atoms with Crippen molar-refractivity contribution in [2.75, 3.05) is 24.6 Å². The number of aryl methyl sites for hydroxylation is 1. The predicted molar refractivity (Wildman–Crippen MR) is 104 cm³/mol. The molecule has 3 rings (SSSR count). The number of hydrogen-bond donors (Lipinski definition) is 1. The maximum absolute atomic E-state index is 12.9. The number of benzene rings is 1. The van der Waals surface area contributed by atoms with Gasteiger partial charge in [0.1, 0.15) is 0 Å². The van der Waals surface area contributed by atoms with Crippen molar-refractivity contribution >= 4 is 11.6 Å². The lowest BCUT2D eigenvalue weighted by Gasteiger charge is -2.21. The summed E-state index contributed by atoms with van der Waals surface area (Å²) in [6, 6.07) is 9.91. The molecule has 0 unspecified atom stereocenters. The molecule has 2 heterocycles. The topological polar surface area (TPSA) is 54.5 Å². The van der Waals surface area contributed by atoms with Crippen molar-refractivity contribution in [3.05, 3.63) is 53.2 Å². The average Bonchev–Trinajstić information content (AvgIpc) is 3.19. The van der Waals surface area contributed by atoms with Crippen molar-refractivity contribution in [1.82, 2.24) is 10.3 Å². The molecule has 1 aromatic heterocycles. The minimum Gasteiger partial charge on any atom is -0.477 e. The van der Waals surface area contributed by atoms with E-state index in [0.29, 0.717) is 19.0 Å². The van der Waals surface area contributed by atoms with Gasteiger partial charge >= 0.3 is 0 Å². The number of anilines is 1. The summed E-state index contributed by atoms with van der Waals surface area (Å²) in [6.45, 7) is 7.13. The third-order valence-corrected chi connectivity index (χ3v) is 4.58. The lowest BCUT2D eigenvalue weighted by atomic mass is 10.1. The Bertz CT molecular complexity index is 755. The van der Waals surface area contributed by atoms with E-state index in [1.807, 2.05) is 25.1 Å². The minimum atomic E-state index is -0.0547. The van der Waals surface area contributed by atoms with E-state index in [2.05, 4.69) is 34.3 Å². The van der Waals surface area contributed by atoms with Crippen molar-refractivity contribution in [2.24, 2.45) is 0 Å². The second-order valence-electron chi connectivity index (χ2n) is 6.71. The molecule has 5 heteroatoms. The van der Waals surface area contributed by atoms with Crippen LogP contribution in [0.25, 0.3) is 0 Å². The zero-order chi connectivity index (χ0) is 18.4. The molecule has 26 heavy (non-hydrogen) atoms. The Balaban J connectivity index is 1.74. The van der Waals surface area contributed by atoms with Gasteiger partial charge in [-0.15, -0.1) is 0 Å². The van der Waals surface area contributed by atoms with E-state index in [9.17, 15) is 4.79 Å². The van der Waals surface area contributed by atoms with Crippen LogP contribution in [0.4, 0.5) is 5.69 Å². The molecule has 0 spiro atoms. The highest BCUT2D eigenvalue weighted by molar-refractivity contribution is 6.00. The summed E-state index contributed by atoms with van der Waals surface area (Å²) in [4.78, 5) is 19.5. The normalized spacial score (nSPS) is 13.7. The quantitative estimate of drug-likeness (QED) is 0.824. The van der Waals surface area contributed by atoms with Gasteiger partial charge in [0.05, 0.1) is 12.2 Å². The molecule has 1 aromatic carbocycles. The number of aromatic nitrogens is 1. The number of carbonyl (C=O) groups is 1. The summed E-state index contributed by atoms with van der Waals surface area (Å²) in [5.74, 6) is 0.541. The van der Waals surface area contributed by atoms with Crippen LogP contribution in [-0.4, -0.2) is 30.6 Å². The first-order valence-electron chi connectivity index (χ1n) is 9.39. The highest BCUT2D eigenvalue weighted by Gasteiger charge is 2.20. The van der Waals surface area contributed by atoms with E-state index >= 15 is 0 Å². The maximum Gasteiger partial charge on any atom is 0.253 e. The SMILES string of the molecule is CCCOc1ncccc1CNC(=O)c1cc(C)ccc1N1CCCC1. The first-order chi connectivity index (χ1) is 12.7. The molecule has 0 aliphatic carbocycles. The molecular weight excluding hydrogens is 326 g/mol. The Labute approximate surface area is 155 Å². The molecule has 0 bridgehead atoms. The second-order valence-corrected chi connectivity index (χ2v) is 6.71. The van der Waals surface area contributed by atoms with E-state index in [1.54, 1.807) is 6.20 Å². The van der Waals surface area contributed by atoms with E-state index in [0.717, 1.165) is 41.9 Å². The molecule has 5 nitrogen and oxygen atoms in total. The number of nitrogens with one attached hydrogen (secondary N) is 1. The van der Waals surface area contributed by atoms with Crippen LogP contribution in [0.15, 0.2) is 36.5 Å². The molecule has 0 saturated carbocycles. The number of carbonyl (C=O) groups excluding carboxylic acids is 1. The number of nitrogens with zero attached hydrogens (tertiary/aromatic N) is 2. The van der Waals surface area contributed by atoms with E-state index in [1.165, 1.54) is 12.8 Å². The monoisotopic (exact) mass is 353 g/mol. The molecule has 1 aliphatic rings. The highest BCUT2D eigenvalue weighted by Crippen LogP contribution is 2.26. The number of rotatable bonds is 7. The summed E-state index contributed by atoms with van der Waals surface area (Å²) in [7, 11) is 0. The summed E-state index contributed by atoms with van der Waals surface area (Å²) < 4.78 is 5.68. The zero-order valence-corrected chi connectivity index (χ0v) is 15.6. The third kappa shape index (κ3) is 4.34. The van der Waals surface area contributed by atoms with E-state index in [-0.39, 0.29) is 5.91 Å². The van der Waals surface area contributed by atoms with Crippen LogP contribution < -0.4 is 15.0 Å². The van der Waals surface area contributed by atoms with Gasteiger partial charge in [0.2, 0.25) is 5.88 Å². The van der Waals surface area contributed by atoms with Crippen LogP contribution in [0.1, 0.15) is 47.7 Å². The van der Waals surface area contributed by atoms with Gasteiger partial charge in [0, 0.05) is 37.1 Å². The van der Waals surface area contributed by atoms with Crippen LogP contribution in [0.2, 0.25) is 0 Å². The fourth-order valence-corrected chi connectivity index (χ4v) is 3.22. The standard InChI is InChI=1S/C21H27N3O2/c1-3-13-26-21-17(7-6-10-22-21)15-23-20(25)18-14-16(2)8-9-19(18)24-11-4-5-12-24/h6-10,14H,3-5,11-13,15H2,1-2H3,(H,23,25). The molecule has 138 valence electrons. The van der Waals surface area contributed by atoms with Gasteiger partial charge in [-0.1, -0.05) is 24.6 Å². The number of hydrogen-bond acceptors (Lipinski definition) is 4. The molecule has 0 atom stereocenters. The second kappa shape index (κ2) is 8.70. The minimum absolute atomic E-state index is 0.0547. The Morgan fingerprint density at radius 1 is 1.27 bits per heavy atom. The van der Waals surface area contributed by atoms with Crippen molar-refractivity contribution < 1.29 is 9.53 Å². The molecule has 1 saturated heterocycles. The Morgan fingerprint density at radius 2 is 2.08 bits per heavy atom. The van der Waals surface area contributed by atoms with Gasteiger partial charge in [-0.3, -0.25) is 4.79 Å². The smallest absolute Gasteiger partial charge is 0.253 e. The Hall–Kier alpha value is -2.56. The third-order valence-electron chi connectivity index (χ3n) is 4.58. The lowest BCUT2D eigenvalue weighted by molar-refractivity contribution is 0.0951. The Kier molecular flexibility index (Phi) is 6.10. The first kappa shape index (κ1) is 18.2. The van der Waals surface area contributed by atoms with Gasteiger partial charge in [-0.05, 0) is 44.4 Å². The average molecular weight is 353 g/mol. The molecule has 1 N–H and O–H groups in total. The predicted octanol–water partition coefficient (Wildman–Crippen LogP) is 3.71. The number of pyridine rings is 1. The van der Waals surface area contributed by atoms with Crippen molar-refractivity contribution in [3.8, 4) is 5.88 Å². The van der Waals surface area contributed by atoms with Crippen LogP contribution in [0.5, 0.6) is 5.88 Å². The molecule has 1 fully saturated rings. The largest absolute Gasteiger partial charge is 0.477 e. The summed E-state index contributed by atoms with van der Waals surface area (Å²) in [5, 5.41) is 3.04. The Morgan fingerprint density at radius 3 is 2.85 bits per heavy atom. The fourth-order valence-electron chi connectivity index (χ4n) is 3.22. The summed E-state index contributed by atoms with van der Waals surface area (Å²) >= 11 is 0. The van der Waals surface area contributed by atoms with Crippen molar-refractivity contribution in [1.29, 1.82) is 0 Å². The van der Waals surface area contributed by atoms with Crippen molar-refractivity contribution in [2.45, 2.75) is 39.7 Å². The lowest BCUT2D eigenvalue weighted by Crippen LogP contribution is -2.27. The van der Waals surface area contributed by atoms with E-state index in [4.69, 9.17) is 4.74 Å². The molecular formula is C21H27N3O2. The molecule has 2 aromatic rings. The van der Waals surface area contributed by atoms with Gasteiger partial charge < -0.3 is 15.0 Å². The van der Waals surface area contributed by atoms with Crippen LogP contribution in [0, 0.1) is 6.92 Å². The van der Waals surface area contributed by atoms with Crippen LogP contribution in [0.3, 0.4) is 0 Å². The van der Waals surface area contributed by atoms with Crippen LogP contribution >= 0.6 is 0 Å². The van der Waals surface area contributed by atoms with Crippen LogP contribution in [-0.2, 0) is 6.54 Å². The van der Waals surface area contributed by atoms with Gasteiger partial charge in [-0.2, -0.15) is 0 Å². The highest BCUT2D eigenvalue weighted by atomic mass is 16.5. The maximum atomic E-state index is 12.9. The summed E-state index contributed by atoms with van der Waals surface area (Å²) in [6.07, 6.45) is 5.00. The zero-order valence-electron chi connectivity index (χ0n) is 15.6. The molecule has 1 aliphatic heterocycles. The first-order valence-corrected chi connectivity index (χ1v) is 9.39.